The van der Waals surface area contributed by atoms with Crippen molar-refractivity contribution in [3.05, 3.63) is 35.9 Å². The molecule has 3 heteroatoms. The second kappa shape index (κ2) is 5.33. The van der Waals surface area contributed by atoms with E-state index < -0.39 is 0 Å². The Balaban J connectivity index is 1.75. The van der Waals surface area contributed by atoms with E-state index in [2.05, 4.69) is 29.2 Å². The molecule has 0 aromatic heterocycles. The Morgan fingerprint density at radius 3 is 2.58 bits per heavy atom. The van der Waals surface area contributed by atoms with Crippen molar-refractivity contribution >= 4 is 5.91 Å². The Morgan fingerprint density at radius 1 is 1.21 bits per heavy atom. The van der Waals surface area contributed by atoms with Crippen molar-refractivity contribution in [3.8, 4) is 0 Å². The van der Waals surface area contributed by atoms with E-state index in [1.54, 1.807) is 6.92 Å². The number of amides is 1. The predicted octanol–water partition coefficient (Wildman–Crippen LogP) is 2.30. The quantitative estimate of drug-likeness (QED) is 0.830. The highest BCUT2D eigenvalue weighted by Gasteiger charge is 2.32. The monoisotopic (exact) mass is 258 g/mol. The number of carbonyl (C=O) groups excluding carboxylic acids is 1. The highest BCUT2D eigenvalue weighted by atomic mass is 16.2. The smallest absolute Gasteiger partial charge is 0.220 e. The lowest BCUT2D eigenvalue weighted by Gasteiger charge is -2.41. The first-order valence-electron chi connectivity index (χ1n) is 7.28. The van der Waals surface area contributed by atoms with Crippen molar-refractivity contribution < 1.29 is 4.79 Å². The number of benzene rings is 1. The van der Waals surface area contributed by atoms with Crippen LogP contribution in [-0.2, 0) is 4.79 Å². The Hall–Kier alpha value is -1.35. The third kappa shape index (κ3) is 2.98. The van der Waals surface area contributed by atoms with E-state index in [-0.39, 0.29) is 11.9 Å². The Morgan fingerprint density at radius 2 is 1.95 bits per heavy atom. The summed E-state index contributed by atoms with van der Waals surface area (Å²) in [6.07, 6.45) is 2.78. The van der Waals surface area contributed by atoms with Gasteiger partial charge in [-0.25, -0.2) is 0 Å². The fourth-order valence-corrected chi connectivity index (χ4v) is 3.01. The van der Waals surface area contributed by atoms with E-state index in [9.17, 15) is 4.79 Å². The van der Waals surface area contributed by atoms with Gasteiger partial charge in [0.15, 0.2) is 0 Å². The zero-order chi connectivity index (χ0) is 13.2. The summed E-state index contributed by atoms with van der Waals surface area (Å²) in [6, 6.07) is 10.7. The van der Waals surface area contributed by atoms with Gasteiger partial charge in [0, 0.05) is 33.1 Å². The highest BCUT2D eigenvalue weighted by molar-refractivity contribution is 5.74. The molecule has 1 aromatic rings. The van der Waals surface area contributed by atoms with Crippen molar-refractivity contribution in [3.63, 3.8) is 0 Å². The third-order valence-electron chi connectivity index (χ3n) is 4.27. The number of nitrogens with zero attached hydrogens (tertiary/aromatic N) is 2. The molecule has 1 unspecified atom stereocenters. The molecule has 0 radical (unpaired) electrons. The molecular formula is C16H22N2O. The van der Waals surface area contributed by atoms with Gasteiger partial charge in [-0.1, -0.05) is 30.3 Å². The normalized spacial score (nSPS) is 24.5. The number of rotatable bonds is 3. The fraction of sp³-hybridized carbons (Fsp3) is 0.562. The lowest BCUT2D eigenvalue weighted by Crippen LogP contribution is -2.50. The largest absolute Gasteiger partial charge is 0.333 e. The molecule has 0 bridgehead atoms. The van der Waals surface area contributed by atoms with Gasteiger partial charge < -0.3 is 4.90 Å². The molecule has 1 heterocycles. The van der Waals surface area contributed by atoms with E-state index >= 15 is 0 Å². The lowest BCUT2D eigenvalue weighted by atomic mass is 10.0. The van der Waals surface area contributed by atoms with Gasteiger partial charge in [0.05, 0.1) is 6.04 Å². The third-order valence-corrected chi connectivity index (χ3v) is 4.27. The first-order chi connectivity index (χ1) is 9.24. The summed E-state index contributed by atoms with van der Waals surface area (Å²) in [7, 11) is 0. The molecule has 1 saturated carbocycles. The van der Waals surface area contributed by atoms with Crippen molar-refractivity contribution in [1.82, 2.24) is 9.80 Å². The molecule has 1 aliphatic carbocycles. The molecule has 2 aliphatic rings. The molecule has 3 rings (SSSR count). The maximum absolute atomic E-state index is 11.8. The summed E-state index contributed by atoms with van der Waals surface area (Å²) < 4.78 is 0. The molecule has 1 saturated heterocycles. The highest BCUT2D eigenvalue weighted by Crippen LogP contribution is 2.32. The van der Waals surface area contributed by atoms with E-state index in [0.717, 1.165) is 25.6 Å². The molecule has 1 aromatic carbocycles. The molecule has 2 fully saturated rings. The van der Waals surface area contributed by atoms with Crippen LogP contribution in [0.25, 0.3) is 0 Å². The first kappa shape index (κ1) is 12.7. The maximum atomic E-state index is 11.8. The number of hydrogen-bond acceptors (Lipinski definition) is 2. The zero-order valence-corrected chi connectivity index (χ0v) is 11.6. The standard InChI is InChI=1S/C16H22N2O/c1-13(19)18-10-9-17(11-14-7-8-14)12-16(18)15-5-3-2-4-6-15/h2-6,14,16H,7-12H2,1H3. The summed E-state index contributed by atoms with van der Waals surface area (Å²) in [4.78, 5) is 16.4. The van der Waals surface area contributed by atoms with Crippen LogP contribution in [0.5, 0.6) is 0 Å². The Labute approximate surface area is 115 Å². The van der Waals surface area contributed by atoms with Crippen LogP contribution in [0.15, 0.2) is 30.3 Å². The molecule has 0 N–H and O–H groups in total. The van der Waals surface area contributed by atoms with Crippen molar-refractivity contribution in [1.29, 1.82) is 0 Å². The predicted molar refractivity (Wildman–Crippen MR) is 75.7 cm³/mol. The van der Waals surface area contributed by atoms with E-state index in [1.165, 1.54) is 24.9 Å². The number of piperazine rings is 1. The van der Waals surface area contributed by atoms with E-state index in [1.807, 2.05) is 11.0 Å². The summed E-state index contributed by atoms with van der Waals surface area (Å²) in [5.74, 6) is 1.11. The van der Waals surface area contributed by atoms with Gasteiger partial charge in [-0.3, -0.25) is 9.69 Å². The molecule has 1 aliphatic heterocycles. The van der Waals surface area contributed by atoms with E-state index in [0.29, 0.717) is 0 Å². The van der Waals surface area contributed by atoms with Gasteiger partial charge in [0.2, 0.25) is 5.91 Å². The second-order valence-corrected chi connectivity index (χ2v) is 5.84. The molecule has 19 heavy (non-hydrogen) atoms. The fourth-order valence-electron chi connectivity index (χ4n) is 3.01. The Kier molecular flexibility index (Phi) is 3.56. The molecule has 3 nitrogen and oxygen atoms in total. The molecule has 102 valence electrons. The van der Waals surface area contributed by atoms with Gasteiger partial charge in [-0.15, -0.1) is 0 Å². The summed E-state index contributed by atoms with van der Waals surface area (Å²) in [5, 5.41) is 0. The van der Waals surface area contributed by atoms with Crippen LogP contribution < -0.4 is 0 Å². The van der Waals surface area contributed by atoms with Crippen molar-refractivity contribution in [2.24, 2.45) is 5.92 Å². The van der Waals surface area contributed by atoms with Crippen LogP contribution in [0, 0.1) is 5.92 Å². The minimum Gasteiger partial charge on any atom is -0.333 e. The van der Waals surface area contributed by atoms with Crippen LogP contribution in [0.4, 0.5) is 0 Å². The van der Waals surface area contributed by atoms with Crippen LogP contribution in [0.2, 0.25) is 0 Å². The van der Waals surface area contributed by atoms with Gasteiger partial charge in [0.1, 0.15) is 0 Å². The van der Waals surface area contributed by atoms with Crippen LogP contribution in [-0.4, -0.2) is 41.9 Å². The van der Waals surface area contributed by atoms with Crippen molar-refractivity contribution in [2.45, 2.75) is 25.8 Å². The molecule has 1 atom stereocenters. The van der Waals surface area contributed by atoms with Crippen LogP contribution in [0.3, 0.4) is 0 Å². The van der Waals surface area contributed by atoms with Crippen LogP contribution in [0.1, 0.15) is 31.4 Å². The van der Waals surface area contributed by atoms with Gasteiger partial charge >= 0.3 is 0 Å². The summed E-state index contributed by atoms with van der Waals surface area (Å²) >= 11 is 0. The topological polar surface area (TPSA) is 23.6 Å². The van der Waals surface area contributed by atoms with Crippen molar-refractivity contribution in [2.75, 3.05) is 26.2 Å². The van der Waals surface area contributed by atoms with E-state index in [4.69, 9.17) is 0 Å². The zero-order valence-electron chi connectivity index (χ0n) is 11.6. The minimum absolute atomic E-state index is 0.194. The average Bonchev–Trinajstić information content (AvgIpc) is 3.23. The molecule has 0 spiro atoms. The van der Waals surface area contributed by atoms with Gasteiger partial charge in [-0.2, -0.15) is 0 Å². The second-order valence-electron chi connectivity index (χ2n) is 5.84. The maximum Gasteiger partial charge on any atom is 0.220 e. The SMILES string of the molecule is CC(=O)N1CCN(CC2CC2)CC1c1ccccc1. The summed E-state index contributed by atoms with van der Waals surface area (Å²) in [5.41, 5.74) is 1.26. The average molecular weight is 258 g/mol. The minimum atomic E-state index is 0.194. The number of hydrogen-bond donors (Lipinski definition) is 0. The Bertz CT molecular complexity index is 441. The molecular weight excluding hydrogens is 236 g/mol. The van der Waals surface area contributed by atoms with Gasteiger partial charge in [-0.05, 0) is 24.3 Å². The first-order valence-corrected chi connectivity index (χ1v) is 7.28. The number of carbonyl (C=O) groups is 1. The summed E-state index contributed by atoms with van der Waals surface area (Å²) in [6.45, 7) is 5.78. The van der Waals surface area contributed by atoms with Gasteiger partial charge in [0.25, 0.3) is 0 Å². The lowest BCUT2D eigenvalue weighted by molar-refractivity contribution is -0.134. The molecule has 1 amide bonds. The van der Waals surface area contributed by atoms with Crippen LogP contribution >= 0.6 is 0 Å².